The van der Waals surface area contributed by atoms with Gasteiger partial charge in [0.15, 0.2) is 6.10 Å². The molecule has 2 N–H and O–H groups in total. The Morgan fingerprint density at radius 3 is 2.56 bits per heavy atom. The lowest BCUT2D eigenvalue weighted by molar-refractivity contribution is -0.207. The molecule has 1 unspecified atom stereocenters. The molecule has 1 aromatic heterocycles. The molecule has 0 fully saturated rings. The van der Waals surface area contributed by atoms with Gasteiger partial charge in [-0.15, -0.1) is 0 Å². The Kier molecular flexibility index (Phi) is 2.59. The molecule has 6 heteroatoms. The first kappa shape index (κ1) is 11.3. The molecule has 2 aromatic rings. The predicted octanol–water partition coefficient (Wildman–Crippen LogP) is 3.42. The first-order valence-electron chi connectivity index (χ1n) is 4.41. The van der Waals surface area contributed by atoms with Crippen molar-refractivity contribution in [1.82, 2.24) is 4.98 Å². The maximum Gasteiger partial charge on any atom is 0.420 e. The molecule has 86 valence electrons. The van der Waals surface area contributed by atoms with Gasteiger partial charge in [0.1, 0.15) is 0 Å². The SMILES string of the molecule is OC(c1cc2cc(Cl)ccc2[nH]1)C(F)(F)F. The number of H-pyrrole nitrogens is 1. The predicted molar refractivity (Wildman–Crippen MR) is 54.3 cm³/mol. The molecule has 1 aromatic carbocycles. The quantitative estimate of drug-likeness (QED) is 0.798. The topological polar surface area (TPSA) is 36.0 Å². The van der Waals surface area contributed by atoms with Crippen molar-refractivity contribution in [3.8, 4) is 0 Å². The van der Waals surface area contributed by atoms with Crippen LogP contribution >= 0.6 is 11.6 Å². The van der Waals surface area contributed by atoms with Gasteiger partial charge in [0.2, 0.25) is 0 Å². The summed E-state index contributed by atoms with van der Waals surface area (Å²) in [4.78, 5) is 2.50. The number of fused-ring (bicyclic) bond motifs is 1. The Hall–Kier alpha value is -1.20. The van der Waals surface area contributed by atoms with E-state index in [-0.39, 0.29) is 5.69 Å². The van der Waals surface area contributed by atoms with E-state index in [1.807, 2.05) is 0 Å². The van der Waals surface area contributed by atoms with E-state index in [1.54, 1.807) is 12.1 Å². The summed E-state index contributed by atoms with van der Waals surface area (Å²) in [6, 6.07) is 5.88. The fraction of sp³-hybridized carbons (Fsp3) is 0.200. The highest BCUT2D eigenvalue weighted by Crippen LogP contribution is 2.33. The first-order chi connectivity index (χ1) is 7.38. The van der Waals surface area contributed by atoms with Crippen molar-refractivity contribution in [3.05, 3.63) is 35.0 Å². The van der Waals surface area contributed by atoms with Crippen molar-refractivity contribution in [1.29, 1.82) is 0 Å². The monoisotopic (exact) mass is 249 g/mol. The molecule has 0 bridgehead atoms. The fourth-order valence-electron chi connectivity index (χ4n) is 1.45. The van der Waals surface area contributed by atoms with Gasteiger partial charge in [0.25, 0.3) is 0 Å². The molecule has 0 spiro atoms. The summed E-state index contributed by atoms with van der Waals surface area (Å²) in [5.74, 6) is 0. The second-order valence-corrected chi connectivity index (χ2v) is 3.84. The number of rotatable bonds is 1. The van der Waals surface area contributed by atoms with Gasteiger partial charge in [-0.1, -0.05) is 11.6 Å². The van der Waals surface area contributed by atoms with Gasteiger partial charge in [-0.3, -0.25) is 0 Å². The van der Waals surface area contributed by atoms with Gasteiger partial charge in [-0.2, -0.15) is 13.2 Å². The third-order valence-corrected chi connectivity index (χ3v) is 2.44. The summed E-state index contributed by atoms with van der Waals surface area (Å²) in [7, 11) is 0. The Bertz CT molecular complexity index is 520. The maximum absolute atomic E-state index is 12.2. The number of halogens is 4. The Morgan fingerprint density at radius 1 is 1.25 bits per heavy atom. The smallest absolute Gasteiger partial charge is 0.378 e. The van der Waals surface area contributed by atoms with Crippen molar-refractivity contribution >= 4 is 22.5 Å². The van der Waals surface area contributed by atoms with Gasteiger partial charge >= 0.3 is 6.18 Å². The zero-order valence-electron chi connectivity index (χ0n) is 7.85. The number of aliphatic hydroxyl groups excluding tert-OH is 1. The lowest BCUT2D eigenvalue weighted by atomic mass is 10.2. The van der Waals surface area contributed by atoms with Gasteiger partial charge in [-0.05, 0) is 24.3 Å². The number of alkyl halides is 3. The van der Waals surface area contributed by atoms with Crippen LogP contribution < -0.4 is 0 Å². The largest absolute Gasteiger partial charge is 0.420 e. The standard InChI is InChI=1S/C10H7ClF3NO/c11-6-1-2-7-5(3-6)4-8(15-7)9(16)10(12,13)14/h1-4,9,15-16H. The minimum absolute atomic E-state index is 0.287. The molecule has 1 atom stereocenters. The number of aromatic nitrogens is 1. The highest BCUT2D eigenvalue weighted by Gasteiger charge is 2.40. The summed E-state index contributed by atoms with van der Waals surface area (Å²) in [5, 5.41) is 10.0. The summed E-state index contributed by atoms with van der Waals surface area (Å²) >= 11 is 5.70. The van der Waals surface area contributed by atoms with Crippen molar-refractivity contribution in [2.24, 2.45) is 0 Å². The van der Waals surface area contributed by atoms with Crippen LogP contribution in [0.15, 0.2) is 24.3 Å². The van der Waals surface area contributed by atoms with Crippen LogP contribution in [-0.4, -0.2) is 16.3 Å². The molecular weight excluding hydrogens is 243 g/mol. The fourth-order valence-corrected chi connectivity index (χ4v) is 1.63. The third kappa shape index (κ3) is 2.01. The second-order valence-electron chi connectivity index (χ2n) is 3.40. The zero-order chi connectivity index (χ0) is 11.9. The molecule has 0 aliphatic rings. The van der Waals surface area contributed by atoms with Crippen molar-refractivity contribution < 1.29 is 18.3 Å². The van der Waals surface area contributed by atoms with E-state index in [0.29, 0.717) is 15.9 Å². The number of aromatic amines is 1. The molecule has 0 aliphatic carbocycles. The van der Waals surface area contributed by atoms with Crippen LogP contribution in [0, 0.1) is 0 Å². The third-order valence-electron chi connectivity index (χ3n) is 2.21. The van der Waals surface area contributed by atoms with E-state index in [9.17, 15) is 13.2 Å². The van der Waals surface area contributed by atoms with Crippen molar-refractivity contribution in [3.63, 3.8) is 0 Å². The maximum atomic E-state index is 12.2. The zero-order valence-corrected chi connectivity index (χ0v) is 8.60. The number of aliphatic hydroxyl groups is 1. The van der Waals surface area contributed by atoms with E-state index >= 15 is 0 Å². The van der Waals surface area contributed by atoms with Crippen LogP contribution in [-0.2, 0) is 0 Å². The molecule has 16 heavy (non-hydrogen) atoms. The molecule has 0 saturated carbocycles. The number of hydrogen-bond acceptors (Lipinski definition) is 1. The number of hydrogen-bond donors (Lipinski definition) is 2. The van der Waals surface area contributed by atoms with Gasteiger partial charge < -0.3 is 10.1 Å². The molecule has 0 aliphatic heterocycles. The van der Waals surface area contributed by atoms with E-state index < -0.39 is 12.3 Å². The average molecular weight is 250 g/mol. The van der Waals surface area contributed by atoms with Crippen LogP contribution in [0.25, 0.3) is 10.9 Å². The van der Waals surface area contributed by atoms with Crippen molar-refractivity contribution in [2.75, 3.05) is 0 Å². The molecule has 0 amide bonds. The van der Waals surface area contributed by atoms with Gasteiger partial charge in [0.05, 0.1) is 5.69 Å². The summed E-state index contributed by atoms with van der Waals surface area (Å²) < 4.78 is 36.7. The Morgan fingerprint density at radius 2 is 1.94 bits per heavy atom. The van der Waals surface area contributed by atoms with Gasteiger partial charge in [-0.25, -0.2) is 0 Å². The average Bonchev–Trinajstić information content (AvgIpc) is 2.57. The highest BCUT2D eigenvalue weighted by atomic mass is 35.5. The van der Waals surface area contributed by atoms with E-state index in [1.165, 1.54) is 12.1 Å². The normalized spacial score (nSPS) is 14.3. The van der Waals surface area contributed by atoms with Crippen LogP contribution in [0.2, 0.25) is 5.02 Å². The van der Waals surface area contributed by atoms with Crippen LogP contribution in [0.4, 0.5) is 13.2 Å². The highest BCUT2D eigenvalue weighted by molar-refractivity contribution is 6.31. The lowest BCUT2D eigenvalue weighted by Crippen LogP contribution is -2.20. The summed E-state index contributed by atoms with van der Waals surface area (Å²) in [6.07, 6.45) is -7.18. The molecule has 0 saturated heterocycles. The summed E-state index contributed by atoms with van der Waals surface area (Å²) in [6.45, 7) is 0. The molecule has 0 radical (unpaired) electrons. The Labute approximate surface area is 93.6 Å². The van der Waals surface area contributed by atoms with Gasteiger partial charge in [0, 0.05) is 15.9 Å². The van der Waals surface area contributed by atoms with Crippen LogP contribution in [0.1, 0.15) is 11.8 Å². The molecule has 1 heterocycles. The van der Waals surface area contributed by atoms with Crippen LogP contribution in [0.3, 0.4) is 0 Å². The Balaban J connectivity index is 2.47. The van der Waals surface area contributed by atoms with E-state index in [2.05, 4.69) is 4.98 Å². The molecule has 2 nitrogen and oxygen atoms in total. The van der Waals surface area contributed by atoms with E-state index in [0.717, 1.165) is 0 Å². The minimum atomic E-state index is -4.68. The first-order valence-corrected chi connectivity index (χ1v) is 4.78. The molecule has 2 rings (SSSR count). The lowest BCUT2D eigenvalue weighted by Gasteiger charge is -2.12. The van der Waals surface area contributed by atoms with E-state index in [4.69, 9.17) is 16.7 Å². The molecular formula is C10H7ClF3NO. The minimum Gasteiger partial charge on any atom is -0.378 e. The number of nitrogens with one attached hydrogen (secondary N) is 1. The van der Waals surface area contributed by atoms with Crippen molar-refractivity contribution in [2.45, 2.75) is 12.3 Å². The number of benzene rings is 1. The second kappa shape index (κ2) is 3.68. The summed E-state index contributed by atoms with van der Waals surface area (Å²) in [5.41, 5.74) is 0.215. The van der Waals surface area contributed by atoms with Crippen LogP contribution in [0.5, 0.6) is 0 Å².